The molecule has 0 fully saturated rings. The van der Waals surface area contributed by atoms with Crippen molar-refractivity contribution in [3.63, 3.8) is 0 Å². The maximum absolute atomic E-state index is 5.89. The maximum atomic E-state index is 5.89. The van der Waals surface area contributed by atoms with Crippen LogP contribution in [0.4, 0.5) is 5.69 Å². The monoisotopic (exact) mass is 213 g/mol. The minimum absolute atomic E-state index is 0.317. The van der Waals surface area contributed by atoms with Crippen molar-refractivity contribution in [1.82, 2.24) is 9.97 Å². The van der Waals surface area contributed by atoms with Crippen LogP contribution in [0.15, 0.2) is 18.3 Å². The number of nitrogen functional groups attached to an aromatic ring is 1. The van der Waals surface area contributed by atoms with Gasteiger partial charge in [-0.05, 0) is 12.1 Å². The first-order chi connectivity index (χ1) is 6.18. The van der Waals surface area contributed by atoms with E-state index in [1.165, 1.54) is 6.07 Å². The molecule has 0 aliphatic rings. The molecular weight excluding hydrogens is 209 g/mol. The van der Waals surface area contributed by atoms with Gasteiger partial charge < -0.3 is 5.73 Å². The van der Waals surface area contributed by atoms with Gasteiger partial charge in [-0.1, -0.05) is 23.2 Å². The first-order valence-corrected chi connectivity index (χ1v) is 4.30. The van der Waals surface area contributed by atoms with Gasteiger partial charge in [-0.15, -0.1) is 0 Å². The van der Waals surface area contributed by atoms with Gasteiger partial charge in [-0.25, -0.2) is 4.98 Å². The highest BCUT2D eigenvalue weighted by Gasteiger charge is 2.05. The molecule has 0 radical (unpaired) electrons. The van der Waals surface area contributed by atoms with E-state index in [1.807, 2.05) is 0 Å². The molecule has 2 heterocycles. The molecule has 0 bridgehead atoms. The lowest BCUT2D eigenvalue weighted by Gasteiger charge is -2.01. The molecule has 0 aromatic carbocycles. The van der Waals surface area contributed by atoms with E-state index in [0.29, 0.717) is 26.9 Å². The lowest BCUT2D eigenvalue weighted by molar-refractivity contribution is 1.34. The second kappa shape index (κ2) is 3.01. The summed E-state index contributed by atoms with van der Waals surface area (Å²) in [5.41, 5.74) is 7.31. The van der Waals surface area contributed by atoms with Crippen molar-refractivity contribution in [2.24, 2.45) is 0 Å². The molecule has 0 atom stereocenters. The maximum Gasteiger partial charge on any atom is 0.131 e. The zero-order valence-corrected chi connectivity index (χ0v) is 7.97. The van der Waals surface area contributed by atoms with Crippen molar-refractivity contribution < 1.29 is 0 Å². The summed E-state index contributed by atoms with van der Waals surface area (Å²) in [6.45, 7) is 0. The molecule has 0 saturated carbocycles. The number of rotatable bonds is 0. The largest absolute Gasteiger partial charge is 0.397 e. The SMILES string of the molecule is Nc1ccnc2c(Cl)cc(Cl)nc12. The molecule has 0 aliphatic carbocycles. The van der Waals surface area contributed by atoms with Crippen LogP contribution in [-0.2, 0) is 0 Å². The lowest BCUT2D eigenvalue weighted by Crippen LogP contribution is -1.92. The van der Waals surface area contributed by atoms with Crippen molar-refractivity contribution in [3.05, 3.63) is 28.5 Å². The Morgan fingerprint density at radius 2 is 2.00 bits per heavy atom. The summed E-state index contributed by atoms with van der Waals surface area (Å²) >= 11 is 11.6. The average Bonchev–Trinajstić information content (AvgIpc) is 2.07. The molecule has 3 nitrogen and oxygen atoms in total. The third-order valence-electron chi connectivity index (χ3n) is 1.65. The normalized spacial score (nSPS) is 10.6. The van der Waals surface area contributed by atoms with Crippen molar-refractivity contribution in [2.75, 3.05) is 5.73 Å². The topological polar surface area (TPSA) is 51.8 Å². The number of halogens is 2. The summed E-state index contributed by atoms with van der Waals surface area (Å²) in [5.74, 6) is 0. The summed E-state index contributed by atoms with van der Waals surface area (Å²) < 4.78 is 0. The second-order valence-corrected chi connectivity index (χ2v) is 3.32. The number of hydrogen-bond donors (Lipinski definition) is 1. The summed E-state index contributed by atoms with van der Waals surface area (Å²) in [5, 5.41) is 0.777. The minimum Gasteiger partial charge on any atom is -0.397 e. The number of anilines is 1. The Labute approximate surface area is 84.5 Å². The first kappa shape index (κ1) is 8.53. The summed E-state index contributed by atoms with van der Waals surface area (Å²) in [6, 6.07) is 3.19. The van der Waals surface area contributed by atoms with Gasteiger partial charge in [-0.3, -0.25) is 4.98 Å². The average molecular weight is 214 g/mol. The van der Waals surface area contributed by atoms with E-state index in [4.69, 9.17) is 28.9 Å². The molecule has 0 saturated heterocycles. The van der Waals surface area contributed by atoms with Crippen LogP contribution in [0, 0.1) is 0 Å². The molecule has 0 amide bonds. The Balaban J connectivity index is 2.94. The van der Waals surface area contributed by atoms with Crippen LogP contribution in [0.5, 0.6) is 0 Å². The molecule has 2 rings (SSSR count). The van der Waals surface area contributed by atoms with Crippen molar-refractivity contribution >= 4 is 39.9 Å². The molecule has 13 heavy (non-hydrogen) atoms. The predicted octanol–water partition coefficient (Wildman–Crippen LogP) is 2.52. The number of hydrogen-bond acceptors (Lipinski definition) is 3. The molecule has 2 aromatic rings. The predicted molar refractivity (Wildman–Crippen MR) is 54.0 cm³/mol. The lowest BCUT2D eigenvalue weighted by atomic mass is 10.3. The molecule has 2 N–H and O–H groups in total. The van der Waals surface area contributed by atoms with Gasteiger partial charge in [-0.2, -0.15) is 0 Å². The highest BCUT2D eigenvalue weighted by molar-refractivity contribution is 6.37. The van der Waals surface area contributed by atoms with E-state index < -0.39 is 0 Å². The van der Waals surface area contributed by atoms with Gasteiger partial charge in [0.1, 0.15) is 16.2 Å². The molecule has 5 heteroatoms. The highest BCUT2D eigenvalue weighted by atomic mass is 35.5. The summed E-state index contributed by atoms with van der Waals surface area (Å²) in [4.78, 5) is 8.08. The molecule has 66 valence electrons. The van der Waals surface area contributed by atoms with Crippen LogP contribution in [0.3, 0.4) is 0 Å². The molecule has 0 aliphatic heterocycles. The van der Waals surface area contributed by atoms with Gasteiger partial charge in [0.05, 0.1) is 10.7 Å². The third-order valence-corrected chi connectivity index (χ3v) is 2.13. The van der Waals surface area contributed by atoms with Crippen LogP contribution >= 0.6 is 23.2 Å². The Hall–Kier alpha value is -1.06. The smallest absolute Gasteiger partial charge is 0.131 e. The number of nitrogens with two attached hydrogens (primary N) is 1. The number of fused-ring (bicyclic) bond motifs is 1. The van der Waals surface area contributed by atoms with Gasteiger partial charge >= 0.3 is 0 Å². The van der Waals surface area contributed by atoms with Crippen LogP contribution in [0.2, 0.25) is 10.2 Å². The van der Waals surface area contributed by atoms with E-state index in [9.17, 15) is 0 Å². The van der Waals surface area contributed by atoms with Crippen LogP contribution in [0.1, 0.15) is 0 Å². The van der Waals surface area contributed by atoms with E-state index in [0.717, 1.165) is 0 Å². The van der Waals surface area contributed by atoms with E-state index in [-0.39, 0.29) is 0 Å². The van der Waals surface area contributed by atoms with Gasteiger partial charge in [0, 0.05) is 6.20 Å². The Morgan fingerprint density at radius 1 is 1.23 bits per heavy atom. The number of pyridine rings is 2. The Morgan fingerprint density at radius 3 is 2.77 bits per heavy atom. The number of nitrogens with zero attached hydrogens (tertiary/aromatic N) is 2. The van der Waals surface area contributed by atoms with Crippen LogP contribution in [0.25, 0.3) is 11.0 Å². The zero-order chi connectivity index (χ0) is 9.42. The molecule has 0 spiro atoms. The van der Waals surface area contributed by atoms with Crippen molar-refractivity contribution in [2.45, 2.75) is 0 Å². The van der Waals surface area contributed by atoms with E-state index in [2.05, 4.69) is 9.97 Å². The van der Waals surface area contributed by atoms with E-state index >= 15 is 0 Å². The summed E-state index contributed by atoms with van der Waals surface area (Å²) in [7, 11) is 0. The molecular formula is C8H5Cl2N3. The first-order valence-electron chi connectivity index (χ1n) is 3.55. The van der Waals surface area contributed by atoms with Crippen LogP contribution in [-0.4, -0.2) is 9.97 Å². The van der Waals surface area contributed by atoms with Crippen molar-refractivity contribution in [3.8, 4) is 0 Å². The van der Waals surface area contributed by atoms with Gasteiger partial charge in [0.25, 0.3) is 0 Å². The summed E-state index contributed by atoms with van der Waals surface area (Å²) in [6.07, 6.45) is 1.58. The molecule has 2 aromatic heterocycles. The quantitative estimate of drug-likeness (QED) is 0.685. The number of aromatic nitrogens is 2. The Bertz CT molecular complexity index is 470. The second-order valence-electron chi connectivity index (χ2n) is 2.52. The van der Waals surface area contributed by atoms with Crippen molar-refractivity contribution in [1.29, 1.82) is 0 Å². The standard InChI is InChI=1S/C8H5Cl2N3/c9-4-3-6(10)13-8-5(11)1-2-12-7(4)8/h1-3H,(H2,11,12). The van der Waals surface area contributed by atoms with Gasteiger partial charge in [0.2, 0.25) is 0 Å². The zero-order valence-electron chi connectivity index (χ0n) is 6.46. The minimum atomic E-state index is 0.317. The third kappa shape index (κ3) is 1.41. The Kier molecular flexibility index (Phi) is 1.98. The molecule has 0 unspecified atom stereocenters. The van der Waals surface area contributed by atoms with Gasteiger partial charge in [0.15, 0.2) is 0 Å². The fourth-order valence-corrected chi connectivity index (χ4v) is 1.56. The van der Waals surface area contributed by atoms with Crippen LogP contribution < -0.4 is 5.73 Å². The van der Waals surface area contributed by atoms with E-state index in [1.54, 1.807) is 12.3 Å². The fourth-order valence-electron chi connectivity index (χ4n) is 1.07. The fraction of sp³-hybridized carbons (Fsp3) is 0. The highest BCUT2D eigenvalue weighted by Crippen LogP contribution is 2.26.